The van der Waals surface area contributed by atoms with Gasteiger partial charge in [0, 0.05) is 31.0 Å². The molecule has 1 aliphatic heterocycles. The van der Waals surface area contributed by atoms with Crippen LogP contribution in [-0.4, -0.2) is 45.6 Å². The van der Waals surface area contributed by atoms with Gasteiger partial charge >= 0.3 is 5.97 Å². The van der Waals surface area contributed by atoms with E-state index in [2.05, 4.69) is 34.0 Å². The molecule has 0 saturated carbocycles. The Balaban J connectivity index is 1.80. The first-order chi connectivity index (χ1) is 10.0. The molecule has 1 aliphatic rings. The Morgan fingerprint density at radius 3 is 2.81 bits per heavy atom. The third kappa shape index (κ3) is 5.30. The molecule has 6 heteroatoms. The Morgan fingerprint density at radius 2 is 2.19 bits per heavy atom. The topological polar surface area (TPSA) is 78.4 Å². The predicted molar refractivity (Wildman–Crippen MR) is 81.0 cm³/mol. The molecule has 1 aromatic rings. The molecule has 2 rings (SSSR count). The fourth-order valence-electron chi connectivity index (χ4n) is 2.86. The van der Waals surface area contributed by atoms with Crippen molar-refractivity contribution in [1.82, 2.24) is 14.9 Å². The summed E-state index contributed by atoms with van der Waals surface area (Å²) in [6.07, 6.45) is 6.11. The molecule has 0 spiro atoms. The average molecular weight is 292 g/mol. The lowest BCUT2D eigenvalue weighted by Gasteiger charge is -2.16. The Bertz CT molecular complexity index is 461. The average Bonchev–Trinajstić information content (AvgIpc) is 2.84. The lowest BCUT2D eigenvalue weighted by atomic mass is 9.97. The summed E-state index contributed by atoms with van der Waals surface area (Å²) in [5, 5.41) is 11.2. The van der Waals surface area contributed by atoms with Gasteiger partial charge in [-0.25, -0.2) is 9.97 Å². The summed E-state index contributed by atoms with van der Waals surface area (Å²) in [5.41, 5.74) is 1.07. The van der Waals surface area contributed by atoms with Gasteiger partial charge in [-0.3, -0.25) is 9.69 Å². The molecule has 0 unspecified atom stereocenters. The molecule has 116 valence electrons. The van der Waals surface area contributed by atoms with Crippen LogP contribution in [0.2, 0.25) is 0 Å². The number of hydrogen-bond donors (Lipinski definition) is 2. The highest BCUT2D eigenvalue weighted by atomic mass is 16.4. The SMILES string of the molecule is CC(C)C[C@@H]1CCN(Cc2cnc(NCC(=O)O)nc2)C1. The van der Waals surface area contributed by atoms with Crippen LogP contribution in [0.15, 0.2) is 12.4 Å². The van der Waals surface area contributed by atoms with Crippen LogP contribution >= 0.6 is 0 Å². The number of rotatable bonds is 7. The molecule has 2 heterocycles. The monoisotopic (exact) mass is 292 g/mol. The summed E-state index contributed by atoms with van der Waals surface area (Å²) in [7, 11) is 0. The maximum atomic E-state index is 10.5. The molecule has 1 saturated heterocycles. The van der Waals surface area contributed by atoms with Crippen LogP contribution in [0.5, 0.6) is 0 Å². The minimum atomic E-state index is -0.920. The number of aliphatic carboxylic acids is 1. The van der Waals surface area contributed by atoms with Crippen molar-refractivity contribution in [2.24, 2.45) is 11.8 Å². The van der Waals surface area contributed by atoms with E-state index in [4.69, 9.17) is 5.11 Å². The molecular formula is C15H24N4O2. The fraction of sp³-hybridized carbons (Fsp3) is 0.667. The maximum absolute atomic E-state index is 10.5. The summed E-state index contributed by atoms with van der Waals surface area (Å²) in [6, 6.07) is 0. The van der Waals surface area contributed by atoms with Gasteiger partial charge in [0.25, 0.3) is 0 Å². The Labute approximate surface area is 125 Å². The second-order valence-electron chi connectivity index (χ2n) is 6.18. The van der Waals surface area contributed by atoms with Crippen molar-refractivity contribution < 1.29 is 9.90 Å². The van der Waals surface area contributed by atoms with Gasteiger partial charge in [0.05, 0.1) is 0 Å². The second-order valence-corrected chi connectivity index (χ2v) is 6.18. The van der Waals surface area contributed by atoms with Gasteiger partial charge in [0.15, 0.2) is 0 Å². The highest BCUT2D eigenvalue weighted by Crippen LogP contribution is 2.24. The van der Waals surface area contributed by atoms with Crippen molar-refractivity contribution in [3.63, 3.8) is 0 Å². The summed E-state index contributed by atoms with van der Waals surface area (Å²) in [5.74, 6) is 1.01. The van der Waals surface area contributed by atoms with Gasteiger partial charge in [-0.1, -0.05) is 13.8 Å². The number of carboxylic acid groups (broad SMARTS) is 1. The third-order valence-electron chi connectivity index (χ3n) is 3.68. The number of nitrogens with one attached hydrogen (secondary N) is 1. The van der Waals surface area contributed by atoms with Gasteiger partial charge in [-0.2, -0.15) is 0 Å². The summed E-state index contributed by atoms with van der Waals surface area (Å²) in [4.78, 5) is 21.2. The van der Waals surface area contributed by atoms with Crippen molar-refractivity contribution in [3.05, 3.63) is 18.0 Å². The summed E-state index contributed by atoms with van der Waals surface area (Å²) >= 11 is 0. The van der Waals surface area contributed by atoms with E-state index in [0.29, 0.717) is 5.95 Å². The van der Waals surface area contributed by atoms with Gasteiger partial charge < -0.3 is 10.4 Å². The Kier molecular flexibility index (Phi) is 5.50. The van der Waals surface area contributed by atoms with E-state index in [1.54, 1.807) is 12.4 Å². The molecule has 1 fully saturated rings. The largest absolute Gasteiger partial charge is 0.480 e. The smallest absolute Gasteiger partial charge is 0.322 e. The third-order valence-corrected chi connectivity index (χ3v) is 3.68. The van der Waals surface area contributed by atoms with Crippen LogP contribution in [0.4, 0.5) is 5.95 Å². The standard InChI is InChI=1S/C15H24N4O2/c1-11(2)5-12-3-4-19(9-12)10-13-6-16-15(17-7-13)18-8-14(20)21/h6-7,11-12H,3-5,8-10H2,1-2H3,(H,20,21)(H,16,17,18)/t12-/m0/s1. The van der Waals surface area contributed by atoms with Gasteiger partial charge in [-0.15, -0.1) is 0 Å². The number of likely N-dealkylation sites (tertiary alicyclic amines) is 1. The Morgan fingerprint density at radius 1 is 1.48 bits per heavy atom. The van der Waals surface area contributed by atoms with E-state index in [9.17, 15) is 4.79 Å². The number of aromatic nitrogens is 2. The van der Waals surface area contributed by atoms with Crippen LogP contribution < -0.4 is 5.32 Å². The van der Waals surface area contributed by atoms with E-state index in [-0.39, 0.29) is 6.54 Å². The van der Waals surface area contributed by atoms with Crippen LogP contribution in [0.3, 0.4) is 0 Å². The number of carboxylic acids is 1. The molecular weight excluding hydrogens is 268 g/mol. The summed E-state index contributed by atoms with van der Waals surface area (Å²) in [6.45, 7) is 7.54. The second kappa shape index (κ2) is 7.36. The van der Waals surface area contributed by atoms with E-state index < -0.39 is 5.97 Å². The molecule has 1 atom stereocenters. The van der Waals surface area contributed by atoms with E-state index >= 15 is 0 Å². The van der Waals surface area contributed by atoms with E-state index in [1.165, 1.54) is 12.8 Å². The molecule has 6 nitrogen and oxygen atoms in total. The molecule has 21 heavy (non-hydrogen) atoms. The molecule has 1 aromatic heterocycles. The zero-order valence-electron chi connectivity index (χ0n) is 12.7. The maximum Gasteiger partial charge on any atom is 0.322 e. The predicted octanol–water partition coefficient (Wildman–Crippen LogP) is 1.84. The van der Waals surface area contributed by atoms with Crippen LogP contribution in [0, 0.1) is 11.8 Å². The number of hydrogen-bond acceptors (Lipinski definition) is 5. The van der Waals surface area contributed by atoms with Crippen molar-refractivity contribution in [1.29, 1.82) is 0 Å². The van der Waals surface area contributed by atoms with E-state index in [1.807, 2.05) is 0 Å². The van der Waals surface area contributed by atoms with Crippen LogP contribution in [0.1, 0.15) is 32.3 Å². The highest BCUT2D eigenvalue weighted by molar-refractivity contribution is 5.71. The van der Waals surface area contributed by atoms with Gasteiger partial charge in [-0.05, 0) is 31.2 Å². The number of nitrogens with zero attached hydrogens (tertiary/aromatic N) is 3. The van der Waals surface area contributed by atoms with Crippen molar-refractivity contribution in [2.45, 2.75) is 33.2 Å². The van der Waals surface area contributed by atoms with Gasteiger partial charge in [0.2, 0.25) is 5.95 Å². The summed E-state index contributed by atoms with van der Waals surface area (Å²) < 4.78 is 0. The van der Waals surface area contributed by atoms with Crippen molar-refractivity contribution in [3.8, 4) is 0 Å². The molecule has 0 aliphatic carbocycles. The molecule has 2 N–H and O–H groups in total. The molecule has 0 radical (unpaired) electrons. The first kappa shape index (κ1) is 15.7. The first-order valence-electron chi connectivity index (χ1n) is 7.52. The minimum absolute atomic E-state index is 0.164. The number of carbonyl (C=O) groups is 1. The Hall–Kier alpha value is -1.69. The first-order valence-corrected chi connectivity index (χ1v) is 7.52. The molecule has 0 aromatic carbocycles. The lowest BCUT2D eigenvalue weighted by Crippen LogP contribution is -2.21. The zero-order chi connectivity index (χ0) is 15.2. The quantitative estimate of drug-likeness (QED) is 0.798. The molecule has 0 bridgehead atoms. The molecule has 0 amide bonds. The van der Waals surface area contributed by atoms with Crippen LogP contribution in [-0.2, 0) is 11.3 Å². The number of anilines is 1. The van der Waals surface area contributed by atoms with Crippen molar-refractivity contribution >= 4 is 11.9 Å². The normalized spacial score (nSPS) is 19.1. The van der Waals surface area contributed by atoms with Crippen LogP contribution in [0.25, 0.3) is 0 Å². The van der Waals surface area contributed by atoms with Crippen molar-refractivity contribution in [2.75, 3.05) is 25.0 Å². The lowest BCUT2D eigenvalue weighted by molar-refractivity contribution is -0.134. The minimum Gasteiger partial charge on any atom is -0.480 e. The zero-order valence-corrected chi connectivity index (χ0v) is 12.7. The van der Waals surface area contributed by atoms with Gasteiger partial charge in [0.1, 0.15) is 6.54 Å². The highest BCUT2D eigenvalue weighted by Gasteiger charge is 2.23. The fourth-order valence-corrected chi connectivity index (χ4v) is 2.86. The van der Waals surface area contributed by atoms with E-state index in [0.717, 1.165) is 37.0 Å².